The van der Waals surface area contributed by atoms with Crippen LogP contribution in [-0.4, -0.2) is 46.5 Å². The van der Waals surface area contributed by atoms with E-state index < -0.39 is 0 Å². The van der Waals surface area contributed by atoms with Gasteiger partial charge in [-0.25, -0.2) is 9.97 Å². The van der Waals surface area contributed by atoms with Crippen LogP contribution in [0.3, 0.4) is 0 Å². The lowest BCUT2D eigenvalue weighted by Gasteiger charge is -2.21. The van der Waals surface area contributed by atoms with Crippen molar-refractivity contribution in [2.75, 3.05) is 31.2 Å². The van der Waals surface area contributed by atoms with Crippen molar-refractivity contribution in [3.8, 4) is 0 Å². The molecule has 3 aromatic rings. The highest BCUT2D eigenvalue weighted by Crippen LogP contribution is 2.32. The molecule has 0 aliphatic heterocycles. The maximum atomic E-state index is 9.27. The molecule has 0 radical (unpaired) electrons. The molecule has 0 aliphatic rings. The summed E-state index contributed by atoms with van der Waals surface area (Å²) in [7, 11) is 0. The first-order chi connectivity index (χ1) is 10.8. The predicted molar refractivity (Wildman–Crippen MR) is 85.1 cm³/mol. The molecule has 0 unspecified atom stereocenters. The molecule has 2 N–H and O–H groups in total. The minimum Gasteiger partial charge on any atom is -0.450 e. The lowest BCUT2D eigenvalue weighted by atomic mass is 10.2. The molecule has 1 aromatic carbocycles. The molecular formula is C16H19N3O3. The maximum absolute atomic E-state index is 9.27. The summed E-state index contributed by atoms with van der Waals surface area (Å²) in [5.74, 6) is 1.34. The van der Waals surface area contributed by atoms with Gasteiger partial charge in [0.25, 0.3) is 0 Å². The number of hydrogen-bond acceptors (Lipinski definition) is 6. The average Bonchev–Trinajstić information content (AvgIpc) is 2.92. The van der Waals surface area contributed by atoms with Gasteiger partial charge in [-0.1, -0.05) is 19.1 Å². The van der Waals surface area contributed by atoms with Crippen LogP contribution < -0.4 is 4.90 Å². The summed E-state index contributed by atoms with van der Waals surface area (Å²) in [6.45, 7) is 2.72. The van der Waals surface area contributed by atoms with Gasteiger partial charge < -0.3 is 19.5 Å². The number of nitrogens with zero attached hydrogens (tertiary/aromatic N) is 3. The molecule has 0 atom stereocenters. The van der Waals surface area contributed by atoms with Gasteiger partial charge in [-0.3, -0.25) is 0 Å². The van der Waals surface area contributed by atoms with E-state index in [9.17, 15) is 10.2 Å². The van der Waals surface area contributed by atoms with Crippen LogP contribution in [0.15, 0.2) is 28.7 Å². The standard InChI is InChI=1S/C16H19N3O3/c1-2-13-17-14-11-5-3-4-6-12(11)22-15(14)16(18-13)19(7-9-20)8-10-21/h3-6,20-21H,2,7-10H2,1H3. The molecular weight excluding hydrogens is 282 g/mol. The van der Waals surface area contributed by atoms with E-state index in [1.54, 1.807) is 0 Å². The number of anilines is 1. The minimum atomic E-state index is -0.0207. The molecule has 22 heavy (non-hydrogen) atoms. The van der Waals surface area contributed by atoms with Gasteiger partial charge in [0.15, 0.2) is 11.4 Å². The van der Waals surface area contributed by atoms with Crippen molar-refractivity contribution in [2.24, 2.45) is 0 Å². The fourth-order valence-corrected chi connectivity index (χ4v) is 2.56. The third-order valence-electron chi connectivity index (χ3n) is 3.60. The first-order valence-electron chi connectivity index (χ1n) is 7.43. The summed E-state index contributed by atoms with van der Waals surface area (Å²) < 4.78 is 5.93. The number of furan rings is 1. The summed E-state index contributed by atoms with van der Waals surface area (Å²) in [6, 6.07) is 7.73. The Morgan fingerprint density at radius 1 is 1.09 bits per heavy atom. The van der Waals surface area contributed by atoms with Crippen molar-refractivity contribution >= 4 is 27.9 Å². The summed E-state index contributed by atoms with van der Waals surface area (Å²) in [4.78, 5) is 11.0. The van der Waals surface area contributed by atoms with Gasteiger partial charge in [-0.15, -0.1) is 0 Å². The molecule has 6 heteroatoms. The molecule has 0 bridgehead atoms. The van der Waals surface area contributed by atoms with Gasteiger partial charge >= 0.3 is 0 Å². The van der Waals surface area contributed by atoms with Crippen LogP contribution in [0, 0.1) is 0 Å². The predicted octanol–water partition coefficient (Wildman–Crippen LogP) is 1.73. The average molecular weight is 301 g/mol. The van der Waals surface area contributed by atoms with Crippen LogP contribution in [0.4, 0.5) is 5.82 Å². The Kier molecular flexibility index (Phi) is 4.22. The zero-order valence-electron chi connectivity index (χ0n) is 12.5. The highest BCUT2D eigenvalue weighted by Gasteiger charge is 2.19. The van der Waals surface area contributed by atoms with Crippen molar-refractivity contribution in [1.29, 1.82) is 0 Å². The Balaban J connectivity index is 2.26. The molecule has 0 aliphatic carbocycles. The summed E-state index contributed by atoms with van der Waals surface area (Å²) in [6.07, 6.45) is 0.703. The zero-order valence-corrected chi connectivity index (χ0v) is 12.5. The monoisotopic (exact) mass is 301 g/mol. The third-order valence-corrected chi connectivity index (χ3v) is 3.60. The van der Waals surface area contributed by atoms with E-state index in [-0.39, 0.29) is 13.2 Å². The molecule has 0 amide bonds. The normalized spacial score (nSPS) is 11.4. The second kappa shape index (κ2) is 6.29. The van der Waals surface area contributed by atoms with Gasteiger partial charge in [-0.2, -0.15) is 0 Å². The fourth-order valence-electron chi connectivity index (χ4n) is 2.56. The van der Waals surface area contributed by atoms with Crippen LogP contribution >= 0.6 is 0 Å². The second-order valence-corrected chi connectivity index (χ2v) is 5.03. The highest BCUT2D eigenvalue weighted by molar-refractivity contribution is 6.05. The number of aliphatic hydroxyl groups is 2. The molecule has 116 valence electrons. The number of fused-ring (bicyclic) bond motifs is 3. The van der Waals surface area contributed by atoms with Crippen LogP contribution in [-0.2, 0) is 6.42 Å². The maximum Gasteiger partial charge on any atom is 0.196 e. The van der Waals surface area contributed by atoms with E-state index >= 15 is 0 Å². The lowest BCUT2D eigenvalue weighted by Crippen LogP contribution is -2.31. The third kappa shape index (κ3) is 2.51. The van der Waals surface area contributed by atoms with E-state index in [2.05, 4.69) is 9.97 Å². The Hall–Kier alpha value is -2.18. The first kappa shape index (κ1) is 14.7. The number of rotatable bonds is 6. The Bertz CT molecular complexity index is 779. The molecule has 0 saturated heterocycles. The molecule has 0 fully saturated rings. The summed E-state index contributed by atoms with van der Waals surface area (Å²) in [5.41, 5.74) is 2.13. The van der Waals surface area contributed by atoms with Gasteiger partial charge in [-0.05, 0) is 12.1 Å². The van der Waals surface area contributed by atoms with Gasteiger partial charge in [0.05, 0.1) is 13.2 Å². The number of para-hydroxylation sites is 1. The molecule has 0 saturated carbocycles. The number of benzene rings is 1. The SMILES string of the molecule is CCc1nc(N(CCO)CCO)c2oc3ccccc3c2n1. The van der Waals surface area contributed by atoms with E-state index in [0.717, 1.165) is 22.3 Å². The van der Waals surface area contributed by atoms with Crippen LogP contribution in [0.2, 0.25) is 0 Å². The van der Waals surface area contributed by atoms with E-state index in [0.29, 0.717) is 30.9 Å². The number of aromatic nitrogens is 2. The fraction of sp³-hybridized carbons (Fsp3) is 0.375. The zero-order chi connectivity index (χ0) is 15.5. The van der Waals surface area contributed by atoms with Gasteiger partial charge in [0.1, 0.15) is 16.9 Å². The number of hydrogen-bond donors (Lipinski definition) is 2. The largest absolute Gasteiger partial charge is 0.450 e. The number of aliphatic hydroxyl groups excluding tert-OH is 2. The van der Waals surface area contributed by atoms with Gasteiger partial charge in [0.2, 0.25) is 0 Å². The van der Waals surface area contributed by atoms with Gasteiger partial charge in [0, 0.05) is 24.9 Å². The molecule has 2 heterocycles. The summed E-state index contributed by atoms with van der Waals surface area (Å²) >= 11 is 0. The first-order valence-corrected chi connectivity index (χ1v) is 7.43. The highest BCUT2D eigenvalue weighted by atomic mass is 16.3. The second-order valence-electron chi connectivity index (χ2n) is 5.03. The molecule has 6 nitrogen and oxygen atoms in total. The quantitative estimate of drug-likeness (QED) is 0.721. The Morgan fingerprint density at radius 2 is 1.82 bits per heavy atom. The van der Waals surface area contributed by atoms with Crippen molar-refractivity contribution < 1.29 is 14.6 Å². The summed E-state index contributed by atoms with van der Waals surface area (Å²) in [5, 5.41) is 19.5. The molecule has 2 aromatic heterocycles. The Labute approximate surface area is 128 Å². The van der Waals surface area contributed by atoms with Crippen molar-refractivity contribution in [3.63, 3.8) is 0 Å². The molecule has 0 spiro atoms. The smallest absolute Gasteiger partial charge is 0.196 e. The van der Waals surface area contributed by atoms with Crippen LogP contribution in [0.1, 0.15) is 12.7 Å². The van der Waals surface area contributed by atoms with Crippen LogP contribution in [0.25, 0.3) is 22.1 Å². The lowest BCUT2D eigenvalue weighted by molar-refractivity contribution is 0.280. The topological polar surface area (TPSA) is 82.6 Å². The van der Waals surface area contributed by atoms with E-state index in [1.165, 1.54) is 0 Å². The minimum absolute atomic E-state index is 0.0207. The van der Waals surface area contributed by atoms with Crippen LogP contribution in [0.5, 0.6) is 0 Å². The van der Waals surface area contributed by atoms with E-state index in [1.807, 2.05) is 36.1 Å². The Morgan fingerprint density at radius 3 is 2.50 bits per heavy atom. The van der Waals surface area contributed by atoms with Crippen molar-refractivity contribution in [2.45, 2.75) is 13.3 Å². The van der Waals surface area contributed by atoms with Crippen molar-refractivity contribution in [3.05, 3.63) is 30.1 Å². The van der Waals surface area contributed by atoms with E-state index in [4.69, 9.17) is 4.42 Å². The number of aryl methyl sites for hydroxylation is 1. The molecule has 3 rings (SSSR count). The van der Waals surface area contributed by atoms with Crippen molar-refractivity contribution in [1.82, 2.24) is 9.97 Å².